The van der Waals surface area contributed by atoms with E-state index < -0.39 is 0 Å². The molecule has 0 fully saturated rings. The molecule has 0 aliphatic heterocycles. The van der Waals surface area contributed by atoms with E-state index in [9.17, 15) is 4.79 Å². The minimum Gasteiger partial charge on any atom is -0.355 e. The number of nitriles is 1. The van der Waals surface area contributed by atoms with E-state index in [2.05, 4.69) is 23.5 Å². The van der Waals surface area contributed by atoms with Gasteiger partial charge in [0, 0.05) is 12.3 Å². The number of benzene rings is 2. The molecule has 0 saturated carbocycles. The van der Waals surface area contributed by atoms with E-state index in [0.29, 0.717) is 17.9 Å². The first-order valence-corrected chi connectivity index (χ1v) is 8.81. The average molecular weight is 324 g/mol. The fraction of sp³-hybridized carbons (Fsp3) is 0.263. The van der Waals surface area contributed by atoms with Crippen LogP contribution in [0.15, 0.2) is 54.6 Å². The number of amides is 1. The lowest BCUT2D eigenvalue weighted by molar-refractivity contribution is -0.118. The monoisotopic (exact) mass is 324 g/mol. The number of carbonyl (C=O) groups excluding carboxylic acids is 1. The first-order chi connectivity index (χ1) is 11.3. The summed E-state index contributed by atoms with van der Waals surface area (Å²) < 4.78 is 0. The van der Waals surface area contributed by atoms with Gasteiger partial charge in [-0.1, -0.05) is 42.5 Å². The van der Waals surface area contributed by atoms with Gasteiger partial charge in [-0.05, 0) is 36.1 Å². The Morgan fingerprint density at radius 3 is 2.65 bits per heavy atom. The Bertz CT molecular complexity index is 665. The third-order valence-electron chi connectivity index (χ3n) is 3.37. The zero-order valence-corrected chi connectivity index (χ0v) is 13.8. The van der Waals surface area contributed by atoms with Crippen LogP contribution < -0.4 is 5.32 Å². The standard InChI is InChI=1S/C19H20N2OS/c20-13-17-8-4-9-18(12-17)14-23-15-19(22)21-11-5-10-16-6-2-1-3-7-16/h1-4,6-9,12H,5,10-11,14-15H2,(H,21,22). The highest BCUT2D eigenvalue weighted by atomic mass is 32.2. The third-order valence-corrected chi connectivity index (χ3v) is 4.37. The van der Waals surface area contributed by atoms with Crippen LogP contribution in [0.25, 0.3) is 0 Å². The molecule has 2 rings (SSSR count). The molecule has 3 nitrogen and oxygen atoms in total. The smallest absolute Gasteiger partial charge is 0.230 e. The molecule has 0 unspecified atom stereocenters. The molecule has 0 aliphatic rings. The van der Waals surface area contributed by atoms with Gasteiger partial charge in [-0.2, -0.15) is 5.26 Å². The highest BCUT2D eigenvalue weighted by molar-refractivity contribution is 7.99. The molecule has 0 saturated heterocycles. The normalized spacial score (nSPS) is 10.0. The maximum Gasteiger partial charge on any atom is 0.230 e. The number of hydrogen-bond acceptors (Lipinski definition) is 3. The molecule has 23 heavy (non-hydrogen) atoms. The summed E-state index contributed by atoms with van der Waals surface area (Å²) in [6, 6.07) is 19.9. The van der Waals surface area contributed by atoms with Gasteiger partial charge < -0.3 is 5.32 Å². The van der Waals surface area contributed by atoms with Gasteiger partial charge in [0.15, 0.2) is 0 Å². The maximum atomic E-state index is 11.8. The third kappa shape index (κ3) is 6.58. The van der Waals surface area contributed by atoms with Gasteiger partial charge >= 0.3 is 0 Å². The van der Waals surface area contributed by atoms with Crippen LogP contribution in [0, 0.1) is 11.3 Å². The minimum atomic E-state index is 0.0690. The van der Waals surface area contributed by atoms with Crippen LogP contribution in [-0.2, 0) is 17.0 Å². The molecule has 1 N–H and O–H groups in total. The van der Waals surface area contributed by atoms with Crippen molar-refractivity contribution in [2.45, 2.75) is 18.6 Å². The van der Waals surface area contributed by atoms with Gasteiger partial charge in [-0.15, -0.1) is 11.8 Å². The molecule has 0 aromatic heterocycles. The van der Waals surface area contributed by atoms with E-state index in [1.165, 1.54) is 5.56 Å². The zero-order valence-electron chi connectivity index (χ0n) is 13.0. The van der Waals surface area contributed by atoms with E-state index in [1.54, 1.807) is 17.8 Å². The van der Waals surface area contributed by atoms with Gasteiger partial charge in [-0.3, -0.25) is 4.79 Å². The number of carbonyl (C=O) groups is 1. The van der Waals surface area contributed by atoms with Crippen molar-refractivity contribution in [3.8, 4) is 6.07 Å². The van der Waals surface area contributed by atoms with Crippen LogP contribution in [0.5, 0.6) is 0 Å². The van der Waals surface area contributed by atoms with E-state index >= 15 is 0 Å². The van der Waals surface area contributed by atoms with Crippen molar-refractivity contribution < 1.29 is 4.79 Å². The van der Waals surface area contributed by atoms with Crippen LogP contribution in [0.1, 0.15) is 23.1 Å². The molecule has 0 heterocycles. The van der Waals surface area contributed by atoms with Crippen LogP contribution in [-0.4, -0.2) is 18.2 Å². The Morgan fingerprint density at radius 2 is 1.87 bits per heavy atom. The lowest BCUT2D eigenvalue weighted by Crippen LogP contribution is -2.26. The van der Waals surface area contributed by atoms with Crippen LogP contribution >= 0.6 is 11.8 Å². The second kappa shape index (κ2) is 9.70. The quantitative estimate of drug-likeness (QED) is 0.756. The molecule has 0 atom stereocenters. The molecular weight excluding hydrogens is 304 g/mol. The second-order valence-electron chi connectivity index (χ2n) is 5.24. The number of nitrogens with one attached hydrogen (secondary N) is 1. The number of thioether (sulfide) groups is 1. The number of hydrogen-bond donors (Lipinski definition) is 1. The molecule has 0 spiro atoms. The molecule has 118 valence electrons. The molecule has 0 radical (unpaired) electrons. The van der Waals surface area contributed by atoms with Crippen molar-refractivity contribution in [3.63, 3.8) is 0 Å². The molecule has 0 aliphatic carbocycles. The van der Waals surface area contributed by atoms with Crippen molar-refractivity contribution >= 4 is 17.7 Å². The summed E-state index contributed by atoms with van der Waals surface area (Å²) in [6.07, 6.45) is 1.93. The highest BCUT2D eigenvalue weighted by Crippen LogP contribution is 2.13. The minimum absolute atomic E-state index is 0.0690. The van der Waals surface area contributed by atoms with Crippen LogP contribution in [0.4, 0.5) is 0 Å². The van der Waals surface area contributed by atoms with Crippen molar-refractivity contribution in [2.24, 2.45) is 0 Å². The van der Waals surface area contributed by atoms with Crippen molar-refractivity contribution in [3.05, 3.63) is 71.3 Å². The fourth-order valence-corrected chi connectivity index (χ4v) is 3.01. The van der Waals surface area contributed by atoms with Crippen molar-refractivity contribution in [1.29, 1.82) is 5.26 Å². The summed E-state index contributed by atoms with van der Waals surface area (Å²) in [5.41, 5.74) is 3.04. The average Bonchev–Trinajstić information content (AvgIpc) is 2.60. The van der Waals surface area contributed by atoms with Crippen molar-refractivity contribution in [2.75, 3.05) is 12.3 Å². The molecule has 2 aromatic rings. The maximum absolute atomic E-state index is 11.8. The topological polar surface area (TPSA) is 52.9 Å². The van der Waals surface area contributed by atoms with Gasteiger partial charge in [0.25, 0.3) is 0 Å². The number of rotatable bonds is 8. The Balaban J connectivity index is 1.59. The SMILES string of the molecule is N#Cc1cccc(CSCC(=O)NCCCc2ccccc2)c1. The molecular formula is C19H20N2OS. The van der Waals surface area contributed by atoms with E-state index in [1.807, 2.05) is 36.4 Å². The van der Waals surface area contributed by atoms with E-state index in [0.717, 1.165) is 24.2 Å². The number of nitrogens with zero attached hydrogens (tertiary/aromatic N) is 1. The largest absolute Gasteiger partial charge is 0.355 e. The summed E-state index contributed by atoms with van der Waals surface area (Å²) in [4.78, 5) is 11.8. The summed E-state index contributed by atoms with van der Waals surface area (Å²) in [5, 5.41) is 11.8. The van der Waals surface area contributed by atoms with Gasteiger partial charge in [0.2, 0.25) is 5.91 Å². The lowest BCUT2D eigenvalue weighted by Gasteiger charge is -2.06. The Morgan fingerprint density at radius 1 is 1.09 bits per heavy atom. The molecule has 1 amide bonds. The molecule has 0 bridgehead atoms. The first-order valence-electron chi connectivity index (χ1n) is 7.65. The molecule has 2 aromatic carbocycles. The predicted octanol–water partition coefficient (Wildman–Crippen LogP) is 3.54. The zero-order chi connectivity index (χ0) is 16.3. The lowest BCUT2D eigenvalue weighted by atomic mass is 10.1. The summed E-state index contributed by atoms with van der Waals surface area (Å²) in [6.45, 7) is 0.707. The summed E-state index contributed by atoms with van der Waals surface area (Å²) >= 11 is 1.57. The predicted molar refractivity (Wildman–Crippen MR) is 95.1 cm³/mol. The first kappa shape index (κ1) is 17.1. The van der Waals surface area contributed by atoms with Crippen molar-refractivity contribution in [1.82, 2.24) is 5.32 Å². The van der Waals surface area contributed by atoms with Crippen LogP contribution in [0.3, 0.4) is 0 Å². The highest BCUT2D eigenvalue weighted by Gasteiger charge is 2.02. The van der Waals surface area contributed by atoms with E-state index in [4.69, 9.17) is 5.26 Å². The summed E-state index contributed by atoms with van der Waals surface area (Å²) in [7, 11) is 0. The van der Waals surface area contributed by atoms with Gasteiger partial charge in [-0.25, -0.2) is 0 Å². The van der Waals surface area contributed by atoms with Gasteiger partial charge in [0.1, 0.15) is 0 Å². The Kier molecular flexibility index (Phi) is 7.22. The Hall–Kier alpha value is -2.25. The fourth-order valence-electron chi connectivity index (χ4n) is 2.21. The van der Waals surface area contributed by atoms with Crippen LogP contribution in [0.2, 0.25) is 0 Å². The Labute approximate surface area is 141 Å². The number of aryl methyl sites for hydroxylation is 1. The molecule has 4 heteroatoms. The summed E-state index contributed by atoms with van der Waals surface area (Å²) in [5.74, 6) is 1.26. The second-order valence-corrected chi connectivity index (χ2v) is 6.23. The van der Waals surface area contributed by atoms with E-state index in [-0.39, 0.29) is 5.91 Å². The van der Waals surface area contributed by atoms with Gasteiger partial charge in [0.05, 0.1) is 17.4 Å².